The van der Waals surface area contributed by atoms with Gasteiger partial charge in [-0.25, -0.2) is 0 Å². The van der Waals surface area contributed by atoms with E-state index in [0.29, 0.717) is 16.8 Å². The number of fused-ring (bicyclic) bond motifs is 3. The van der Waals surface area contributed by atoms with Gasteiger partial charge in [-0.15, -0.1) is 0 Å². The highest BCUT2D eigenvalue weighted by Gasteiger charge is 2.16. The molecule has 0 radical (unpaired) electrons. The van der Waals surface area contributed by atoms with Crippen LogP contribution < -0.4 is 0 Å². The largest absolute Gasteiger partial charge is 0.508 e. The summed E-state index contributed by atoms with van der Waals surface area (Å²) in [7, 11) is 0. The van der Waals surface area contributed by atoms with Crippen LogP contribution in [0.3, 0.4) is 0 Å². The van der Waals surface area contributed by atoms with Gasteiger partial charge in [-0.2, -0.15) is 0 Å². The third-order valence-corrected chi connectivity index (χ3v) is 4.32. The van der Waals surface area contributed by atoms with E-state index in [0.717, 1.165) is 21.7 Å². The zero-order valence-corrected chi connectivity index (χ0v) is 12.6. The van der Waals surface area contributed by atoms with Gasteiger partial charge in [-0.1, -0.05) is 42.5 Å². The summed E-state index contributed by atoms with van der Waals surface area (Å²) in [6, 6.07) is 19.1. The van der Waals surface area contributed by atoms with E-state index in [4.69, 9.17) is 0 Å². The number of H-pyrrole nitrogens is 1. The lowest BCUT2D eigenvalue weighted by Gasteiger charge is -2.04. The Hall–Kier alpha value is -3.07. The van der Waals surface area contributed by atoms with Crippen LogP contribution in [0.1, 0.15) is 21.6 Å². The summed E-state index contributed by atoms with van der Waals surface area (Å²) in [5, 5.41) is 13.1. The Labute approximate surface area is 133 Å². The second-order valence-electron chi connectivity index (χ2n) is 5.71. The SMILES string of the molecule is Cc1c(O)cccc1C(=O)c1cc2c(ccc3ccccc32)[nH]1. The molecule has 0 fully saturated rings. The lowest BCUT2D eigenvalue weighted by atomic mass is 10.0. The Morgan fingerprint density at radius 1 is 0.957 bits per heavy atom. The lowest BCUT2D eigenvalue weighted by molar-refractivity contribution is 0.103. The lowest BCUT2D eigenvalue weighted by Crippen LogP contribution is -2.03. The number of ketones is 1. The third-order valence-electron chi connectivity index (χ3n) is 4.32. The van der Waals surface area contributed by atoms with Crippen LogP contribution in [0.2, 0.25) is 0 Å². The zero-order chi connectivity index (χ0) is 16.0. The van der Waals surface area contributed by atoms with Crippen LogP contribution in [-0.2, 0) is 0 Å². The number of carbonyl (C=O) groups excluding carboxylic acids is 1. The predicted molar refractivity (Wildman–Crippen MR) is 92.1 cm³/mol. The van der Waals surface area contributed by atoms with E-state index < -0.39 is 0 Å². The van der Waals surface area contributed by atoms with Gasteiger partial charge in [0, 0.05) is 22.0 Å². The van der Waals surface area contributed by atoms with Crippen LogP contribution in [0.5, 0.6) is 5.75 Å². The fraction of sp³-hybridized carbons (Fsp3) is 0.0500. The number of hydrogen-bond donors (Lipinski definition) is 2. The molecule has 23 heavy (non-hydrogen) atoms. The topological polar surface area (TPSA) is 53.1 Å². The zero-order valence-electron chi connectivity index (χ0n) is 12.6. The van der Waals surface area contributed by atoms with E-state index in [1.807, 2.05) is 30.3 Å². The van der Waals surface area contributed by atoms with E-state index in [9.17, 15) is 9.90 Å². The first kappa shape index (κ1) is 13.6. The predicted octanol–water partition coefficient (Wildman–Crippen LogP) is 4.57. The number of carbonyl (C=O) groups is 1. The van der Waals surface area contributed by atoms with Gasteiger partial charge in [-0.05, 0) is 35.9 Å². The molecule has 1 aromatic heterocycles. The number of nitrogens with one attached hydrogen (secondary N) is 1. The average molecular weight is 301 g/mol. The maximum absolute atomic E-state index is 12.8. The Bertz CT molecular complexity index is 1060. The third kappa shape index (κ3) is 2.09. The Kier molecular flexibility index (Phi) is 2.95. The van der Waals surface area contributed by atoms with Crippen molar-refractivity contribution >= 4 is 27.5 Å². The molecule has 3 aromatic carbocycles. The monoisotopic (exact) mass is 301 g/mol. The molecule has 112 valence electrons. The quantitative estimate of drug-likeness (QED) is 0.533. The molecule has 0 aliphatic carbocycles. The number of aromatic hydroxyl groups is 1. The van der Waals surface area contributed by atoms with E-state index in [-0.39, 0.29) is 11.5 Å². The van der Waals surface area contributed by atoms with Gasteiger partial charge < -0.3 is 10.1 Å². The minimum atomic E-state index is -0.112. The minimum absolute atomic E-state index is 0.112. The van der Waals surface area contributed by atoms with Crippen molar-refractivity contribution in [3.63, 3.8) is 0 Å². The average Bonchev–Trinajstić information content (AvgIpc) is 3.01. The normalized spacial score (nSPS) is 11.2. The van der Waals surface area contributed by atoms with E-state index in [1.54, 1.807) is 25.1 Å². The van der Waals surface area contributed by atoms with Crippen molar-refractivity contribution in [3.05, 3.63) is 77.5 Å². The van der Waals surface area contributed by atoms with E-state index >= 15 is 0 Å². The standard InChI is InChI=1S/C20H15NO2/c1-12-14(7-4-8-19(12)22)20(23)18-11-16-15-6-3-2-5-13(15)9-10-17(16)21-18/h2-11,21-22H,1H3. The molecule has 3 nitrogen and oxygen atoms in total. The van der Waals surface area contributed by atoms with Crippen LogP contribution in [-0.4, -0.2) is 15.9 Å². The highest BCUT2D eigenvalue weighted by atomic mass is 16.3. The van der Waals surface area contributed by atoms with Gasteiger partial charge in [0.05, 0.1) is 5.69 Å². The summed E-state index contributed by atoms with van der Waals surface area (Å²) < 4.78 is 0. The fourth-order valence-electron chi connectivity index (χ4n) is 3.02. The first-order chi connectivity index (χ1) is 11.1. The summed E-state index contributed by atoms with van der Waals surface area (Å²) in [6.45, 7) is 1.75. The molecule has 0 saturated carbocycles. The molecule has 4 rings (SSSR count). The molecular weight excluding hydrogens is 286 g/mol. The van der Waals surface area contributed by atoms with Crippen molar-refractivity contribution in [2.45, 2.75) is 6.92 Å². The van der Waals surface area contributed by atoms with Gasteiger partial charge in [0.15, 0.2) is 0 Å². The Balaban J connectivity index is 1.91. The molecule has 3 heteroatoms. The summed E-state index contributed by atoms with van der Waals surface area (Å²) >= 11 is 0. The van der Waals surface area contributed by atoms with Gasteiger partial charge in [0.1, 0.15) is 5.75 Å². The van der Waals surface area contributed by atoms with Crippen LogP contribution >= 0.6 is 0 Å². The minimum Gasteiger partial charge on any atom is -0.508 e. The second-order valence-corrected chi connectivity index (χ2v) is 5.71. The molecule has 0 bridgehead atoms. The molecule has 0 amide bonds. The van der Waals surface area contributed by atoms with Crippen LogP contribution in [0.4, 0.5) is 0 Å². The first-order valence-electron chi connectivity index (χ1n) is 7.49. The van der Waals surface area contributed by atoms with Crippen molar-refractivity contribution in [3.8, 4) is 5.75 Å². The molecule has 0 aliphatic rings. The molecular formula is C20H15NO2. The maximum atomic E-state index is 12.8. The summed E-state index contributed by atoms with van der Waals surface area (Å²) in [5.41, 5.74) is 2.58. The molecule has 0 saturated heterocycles. The van der Waals surface area contributed by atoms with Crippen molar-refractivity contribution in [2.75, 3.05) is 0 Å². The molecule has 1 heterocycles. The molecule has 4 aromatic rings. The number of hydrogen-bond acceptors (Lipinski definition) is 2. The number of aromatic nitrogens is 1. The highest BCUT2D eigenvalue weighted by Crippen LogP contribution is 2.28. The number of benzene rings is 3. The molecule has 0 aliphatic heterocycles. The van der Waals surface area contributed by atoms with Crippen LogP contribution in [0.15, 0.2) is 60.7 Å². The number of rotatable bonds is 2. The van der Waals surface area contributed by atoms with Crippen molar-refractivity contribution in [1.82, 2.24) is 4.98 Å². The molecule has 2 N–H and O–H groups in total. The Morgan fingerprint density at radius 2 is 1.78 bits per heavy atom. The smallest absolute Gasteiger partial charge is 0.209 e. The fourth-order valence-corrected chi connectivity index (χ4v) is 3.02. The summed E-state index contributed by atoms with van der Waals surface area (Å²) in [6.07, 6.45) is 0. The van der Waals surface area contributed by atoms with E-state index in [1.165, 1.54) is 0 Å². The Morgan fingerprint density at radius 3 is 2.65 bits per heavy atom. The van der Waals surface area contributed by atoms with Crippen molar-refractivity contribution in [1.29, 1.82) is 0 Å². The number of aromatic amines is 1. The summed E-state index contributed by atoms with van der Waals surface area (Å²) in [4.78, 5) is 16.0. The van der Waals surface area contributed by atoms with Gasteiger partial charge in [0.25, 0.3) is 0 Å². The molecule has 0 spiro atoms. The van der Waals surface area contributed by atoms with Gasteiger partial charge >= 0.3 is 0 Å². The second kappa shape index (κ2) is 4.99. The van der Waals surface area contributed by atoms with Gasteiger partial charge in [-0.3, -0.25) is 4.79 Å². The highest BCUT2D eigenvalue weighted by molar-refractivity contribution is 6.14. The maximum Gasteiger partial charge on any atom is 0.209 e. The number of phenolic OH excluding ortho intramolecular Hbond substituents is 1. The molecule has 0 atom stereocenters. The van der Waals surface area contributed by atoms with Crippen molar-refractivity contribution in [2.24, 2.45) is 0 Å². The van der Waals surface area contributed by atoms with Crippen LogP contribution in [0.25, 0.3) is 21.7 Å². The first-order valence-corrected chi connectivity index (χ1v) is 7.49. The van der Waals surface area contributed by atoms with Crippen molar-refractivity contribution < 1.29 is 9.90 Å². The summed E-state index contributed by atoms with van der Waals surface area (Å²) in [5.74, 6) is 0.0242. The number of phenols is 1. The van der Waals surface area contributed by atoms with Gasteiger partial charge in [0.2, 0.25) is 5.78 Å². The van der Waals surface area contributed by atoms with E-state index in [2.05, 4.69) is 17.1 Å². The molecule has 0 unspecified atom stereocenters. The van der Waals surface area contributed by atoms with Crippen LogP contribution in [0, 0.1) is 6.92 Å².